The summed E-state index contributed by atoms with van der Waals surface area (Å²) >= 11 is 0. The zero-order valence-electron chi connectivity index (χ0n) is 17.4. The van der Waals surface area contributed by atoms with E-state index in [1.54, 1.807) is 7.05 Å². The second-order valence-corrected chi connectivity index (χ2v) is 7.35. The molecule has 28 heavy (non-hydrogen) atoms. The van der Waals surface area contributed by atoms with Crippen molar-refractivity contribution in [2.75, 3.05) is 18.9 Å². The van der Waals surface area contributed by atoms with E-state index in [1.807, 2.05) is 38.1 Å². The highest BCUT2D eigenvalue weighted by Crippen LogP contribution is 2.19. The van der Waals surface area contributed by atoms with E-state index in [2.05, 4.69) is 22.9 Å². The van der Waals surface area contributed by atoms with Gasteiger partial charge < -0.3 is 21.7 Å². The number of hydrogen-bond acceptors (Lipinski definition) is 4. The summed E-state index contributed by atoms with van der Waals surface area (Å²) in [5.74, 6) is -0.501. The van der Waals surface area contributed by atoms with Crippen molar-refractivity contribution in [3.05, 3.63) is 29.8 Å². The van der Waals surface area contributed by atoms with E-state index in [-0.39, 0.29) is 30.1 Å². The first-order valence-electron chi connectivity index (χ1n) is 9.91. The molecule has 156 valence electrons. The second-order valence-electron chi connectivity index (χ2n) is 7.35. The van der Waals surface area contributed by atoms with E-state index < -0.39 is 11.9 Å². The van der Waals surface area contributed by atoms with Gasteiger partial charge in [0, 0.05) is 24.6 Å². The first-order chi connectivity index (χ1) is 13.3. The molecule has 1 rings (SSSR count). The number of Topliss-reactive ketones (excluding diaryl/α,β-unsaturated/α-hetero) is 1. The van der Waals surface area contributed by atoms with Crippen LogP contribution in [0.4, 0.5) is 10.5 Å². The summed E-state index contributed by atoms with van der Waals surface area (Å²) < 4.78 is 0. The van der Waals surface area contributed by atoms with Crippen molar-refractivity contribution in [1.29, 1.82) is 0 Å². The van der Waals surface area contributed by atoms with E-state index in [0.29, 0.717) is 25.1 Å². The molecule has 0 aliphatic heterocycles. The fourth-order valence-corrected chi connectivity index (χ4v) is 3.19. The monoisotopic (exact) mass is 390 g/mol. The number of anilines is 1. The Kier molecular flexibility index (Phi) is 10.2. The van der Waals surface area contributed by atoms with Gasteiger partial charge in [-0.2, -0.15) is 0 Å². The zero-order chi connectivity index (χ0) is 21.1. The van der Waals surface area contributed by atoms with E-state index in [4.69, 9.17) is 5.73 Å². The van der Waals surface area contributed by atoms with Crippen LogP contribution in [0.5, 0.6) is 0 Å². The highest BCUT2D eigenvalue weighted by molar-refractivity contribution is 5.96. The number of benzene rings is 1. The fraction of sp³-hybridized carbons (Fsp3) is 0.571. The minimum absolute atomic E-state index is 0.0156. The van der Waals surface area contributed by atoms with Gasteiger partial charge in [0.25, 0.3) is 0 Å². The Balaban J connectivity index is 2.80. The van der Waals surface area contributed by atoms with Crippen molar-refractivity contribution in [3.63, 3.8) is 0 Å². The van der Waals surface area contributed by atoms with Crippen LogP contribution in [0.3, 0.4) is 0 Å². The van der Waals surface area contributed by atoms with Crippen LogP contribution in [0.25, 0.3) is 0 Å². The van der Waals surface area contributed by atoms with Crippen molar-refractivity contribution < 1.29 is 14.4 Å². The molecule has 0 spiro atoms. The molecule has 2 atom stereocenters. The van der Waals surface area contributed by atoms with Gasteiger partial charge in [0.15, 0.2) is 5.78 Å². The van der Waals surface area contributed by atoms with Gasteiger partial charge in [-0.25, -0.2) is 4.79 Å². The molecule has 0 aliphatic carbocycles. The first-order valence-corrected chi connectivity index (χ1v) is 9.91. The molecule has 0 unspecified atom stereocenters. The number of carbonyl (C=O) groups is 3. The average molecular weight is 391 g/mol. The maximum Gasteiger partial charge on any atom is 0.312 e. The van der Waals surface area contributed by atoms with Crippen molar-refractivity contribution in [2.24, 2.45) is 17.6 Å². The topological polar surface area (TPSA) is 113 Å². The molecule has 1 aromatic carbocycles. The van der Waals surface area contributed by atoms with Crippen LogP contribution >= 0.6 is 0 Å². The van der Waals surface area contributed by atoms with Gasteiger partial charge in [0.1, 0.15) is 0 Å². The second kappa shape index (κ2) is 12.1. The summed E-state index contributed by atoms with van der Waals surface area (Å²) in [6, 6.07) is 6.81. The van der Waals surface area contributed by atoms with Crippen molar-refractivity contribution in [2.45, 2.75) is 52.5 Å². The molecule has 3 amide bonds. The molecule has 0 saturated carbocycles. The lowest BCUT2D eigenvalue weighted by atomic mass is 9.89. The number of aryl methyl sites for hydroxylation is 1. The number of carbonyl (C=O) groups excluding carboxylic acids is 3. The Morgan fingerprint density at radius 3 is 2.25 bits per heavy atom. The average Bonchev–Trinajstić information content (AvgIpc) is 2.64. The summed E-state index contributed by atoms with van der Waals surface area (Å²) in [5.41, 5.74) is 6.98. The van der Waals surface area contributed by atoms with E-state index >= 15 is 0 Å². The minimum Gasteiger partial charge on any atom is -0.352 e. The number of likely N-dealkylation sites (N-methyl/N-ethyl adjacent to an activating group) is 1. The third-order valence-corrected chi connectivity index (χ3v) is 4.80. The van der Waals surface area contributed by atoms with Crippen LogP contribution in [0.15, 0.2) is 24.3 Å². The molecular weight excluding hydrogens is 356 g/mol. The minimum atomic E-state index is -0.594. The van der Waals surface area contributed by atoms with Crippen LogP contribution in [0.1, 0.15) is 45.6 Å². The summed E-state index contributed by atoms with van der Waals surface area (Å²) in [7, 11) is 1.75. The Bertz CT molecular complexity index is 644. The van der Waals surface area contributed by atoms with Crippen LogP contribution in [0.2, 0.25) is 0 Å². The lowest BCUT2D eigenvalue weighted by molar-refractivity contribution is -0.128. The van der Waals surface area contributed by atoms with Gasteiger partial charge in [-0.05, 0) is 49.9 Å². The van der Waals surface area contributed by atoms with Crippen LogP contribution in [-0.4, -0.2) is 37.4 Å². The molecule has 7 heteroatoms. The number of rotatable bonds is 12. The Morgan fingerprint density at radius 1 is 1.11 bits per heavy atom. The lowest BCUT2D eigenvalue weighted by Gasteiger charge is -2.22. The predicted molar refractivity (Wildman–Crippen MR) is 112 cm³/mol. The summed E-state index contributed by atoms with van der Waals surface area (Å²) in [5, 5.41) is 8.46. The van der Waals surface area contributed by atoms with Gasteiger partial charge in [0.05, 0.1) is 6.04 Å². The third kappa shape index (κ3) is 8.08. The molecule has 7 nitrogen and oxygen atoms in total. The molecule has 1 aromatic rings. The van der Waals surface area contributed by atoms with Crippen LogP contribution in [-0.2, 0) is 16.0 Å². The predicted octanol–water partition coefficient (Wildman–Crippen LogP) is 2.46. The molecule has 0 radical (unpaired) electrons. The van der Waals surface area contributed by atoms with Gasteiger partial charge in [0.2, 0.25) is 5.91 Å². The molecule has 0 aliphatic rings. The number of urea groups is 1. The third-order valence-electron chi connectivity index (χ3n) is 4.80. The Morgan fingerprint density at radius 2 is 1.75 bits per heavy atom. The van der Waals surface area contributed by atoms with Gasteiger partial charge >= 0.3 is 6.03 Å². The number of primary amides is 1. The summed E-state index contributed by atoms with van der Waals surface area (Å²) in [6.45, 7) is 6.39. The molecule has 0 fully saturated rings. The zero-order valence-corrected chi connectivity index (χ0v) is 17.4. The van der Waals surface area contributed by atoms with Gasteiger partial charge in [-0.15, -0.1) is 0 Å². The standard InChI is InChI=1S/C21H34N4O3/c1-5-15-8-10-17(11-9-15)25-20(27)16(7-6-12-24-21(22)28)13-18(26)19(23-4)14(2)3/h8-11,14,16,19,23H,5-7,12-13H2,1-4H3,(H,25,27)(H3,22,24,28)/t16-,19+/m1/s1. The van der Waals surface area contributed by atoms with Gasteiger partial charge in [-0.3, -0.25) is 9.59 Å². The molecule has 0 aromatic heterocycles. The SMILES string of the molecule is CCc1ccc(NC(=O)[C@H](CCCNC(N)=O)CC(=O)[C@@H](NC)C(C)C)cc1. The van der Waals surface area contributed by atoms with Crippen LogP contribution < -0.4 is 21.7 Å². The maximum atomic E-state index is 12.8. The molecular formula is C21H34N4O3. The Labute approximate surface area is 167 Å². The molecule has 0 saturated heterocycles. The number of nitrogens with two attached hydrogens (primary N) is 1. The van der Waals surface area contributed by atoms with Gasteiger partial charge in [-0.1, -0.05) is 32.9 Å². The van der Waals surface area contributed by atoms with Crippen molar-refractivity contribution >= 4 is 23.4 Å². The fourth-order valence-electron chi connectivity index (χ4n) is 3.19. The maximum absolute atomic E-state index is 12.8. The highest BCUT2D eigenvalue weighted by atomic mass is 16.2. The van der Waals surface area contributed by atoms with Crippen molar-refractivity contribution in [1.82, 2.24) is 10.6 Å². The van der Waals surface area contributed by atoms with E-state index in [0.717, 1.165) is 6.42 Å². The molecule has 0 heterocycles. The quantitative estimate of drug-likeness (QED) is 0.411. The van der Waals surface area contributed by atoms with Crippen molar-refractivity contribution in [3.8, 4) is 0 Å². The lowest BCUT2D eigenvalue weighted by Crippen LogP contribution is -2.40. The number of ketones is 1. The van der Waals surface area contributed by atoms with Crippen LogP contribution in [0, 0.1) is 11.8 Å². The summed E-state index contributed by atoms with van der Waals surface area (Å²) in [6.07, 6.45) is 2.13. The van der Waals surface area contributed by atoms with E-state index in [9.17, 15) is 14.4 Å². The first kappa shape index (κ1) is 23.6. The normalized spacial score (nSPS) is 13.0. The smallest absolute Gasteiger partial charge is 0.312 e. The Hall–Kier alpha value is -2.41. The molecule has 0 bridgehead atoms. The van der Waals surface area contributed by atoms with E-state index in [1.165, 1.54) is 5.56 Å². The number of nitrogens with one attached hydrogen (secondary N) is 3. The number of hydrogen-bond donors (Lipinski definition) is 4. The number of amides is 3. The molecule has 5 N–H and O–H groups in total. The largest absolute Gasteiger partial charge is 0.352 e. The summed E-state index contributed by atoms with van der Waals surface area (Å²) in [4.78, 5) is 36.3. The highest BCUT2D eigenvalue weighted by Gasteiger charge is 2.27.